The number of benzene rings is 1. The summed E-state index contributed by atoms with van der Waals surface area (Å²) >= 11 is -0.826. The molecule has 0 spiro atoms. The molecule has 0 radical (unpaired) electrons. The first-order chi connectivity index (χ1) is 10.5. The van der Waals surface area contributed by atoms with Gasteiger partial charge >= 0.3 is 37.9 Å². The Morgan fingerprint density at radius 1 is 1.32 bits per heavy atom. The van der Waals surface area contributed by atoms with Crippen molar-refractivity contribution in [1.82, 2.24) is 0 Å². The van der Waals surface area contributed by atoms with Crippen LogP contribution in [0.5, 0.6) is 5.75 Å². The van der Waals surface area contributed by atoms with Gasteiger partial charge < -0.3 is 5.11 Å². The molecule has 1 aliphatic rings. The van der Waals surface area contributed by atoms with Crippen molar-refractivity contribution in [1.29, 1.82) is 0 Å². The second-order valence-corrected chi connectivity index (χ2v) is 10.0. The van der Waals surface area contributed by atoms with Crippen molar-refractivity contribution >= 4 is 23.2 Å². The van der Waals surface area contributed by atoms with Crippen molar-refractivity contribution in [2.45, 2.75) is 64.3 Å². The molecule has 1 N–H and O–H groups in total. The molecular formula is C17H25Cl2NOZr. The summed E-state index contributed by atoms with van der Waals surface area (Å²) < 4.78 is 0. The third-order valence-corrected chi connectivity index (χ3v) is 4.43. The number of aromatic hydroxyl groups is 1. The van der Waals surface area contributed by atoms with E-state index >= 15 is 0 Å². The minimum absolute atomic E-state index is 0.00128. The van der Waals surface area contributed by atoms with Crippen LogP contribution in [-0.2, 0) is 26.3 Å². The van der Waals surface area contributed by atoms with Crippen LogP contribution in [0.3, 0.4) is 0 Å². The number of aliphatic imine (C=N–C) groups is 1. The molecule has 1 fully saturated rings. The fraction of sp³-hybridized carbons (Fsp3) is 0.588. The van der Waals surface area contributed by atoms with E-state index in [1.165, 1.54) is 25.7 Å². The van der Waals surface area contributed by atoms with Gasteiger partial charge in [0.05, 0.1) is 0 Å². The monoisotopic (exact) mass is 419 g/mol. The van der Waals surface area contributed by atoms with Crippen LogP contribution >= 0.6 is 17.0 Å². The Bertz CT molecular complexity index is 486. The van der Waals surface area contributed by atoms with Gasteiger partial charge in [-0.2, -0.15) is 0 Å². The normalized spacial score (nSPS) is 15.7. The van der Waals surface area contributed by atoms with Gasteiger partial charge in [-0.05, 0) is 30.7 Å². The molecule has 0 amide bonds. The van der Waals surface area contributed by atoms with Crippen LogP contribution in [0.4, 0.5) is 0 Å². The van der Waals surface area contributed by atoms with Crippen molar-refractivity contribution in [2.24, 2.45) is 4.99 Å². The first kappa shape index (κ1) is 20.2. The third kappa shape index (κ3) is 5.98. The van der Waals surface area contributed by atoms with E-state index in [0.717, 1.165) is 17.5 Å². The summed E-state index contributed by atoms with van der Waals surface area (Å²) in [5.74, 6) is 0.399. The van der Waals surface area contributed by atoms with Crippen LogP contribution in [-0.4, -0.2) is 17.4 Å². The number of para-hydroxylation sites is 1. The molecule has 122 valence electrons. The van der Waals surface area contributed by atoms with Crippen LogP contribution < -0.4 is 0 Å². The van der Waals surface area contributed by atoms with E-state index in [0.29, 0.717) is 11.8 Å². The Balaban J connectivity index is 0.000000745. The Kier molecular flexibility index (Phi) is 9.28. The number of phenolic OH excluding ortho intramolecular Hbond substituents is 1. The van der Waals surface area contributed by atoms with Gasteiger partial charge in [0.25, 0.3) is 0 Å². The van der Waals surface area contributed by atoms with Crippen molar-refractivity contribution < 1.29 is 26.0 Å². The zero-order chi connectivity index (χ0) is 16.6. The quantitative estimate of drug-likeness (QED) is 0.611. The predicted molar refractivity (Wildman–Crippen MR) is 93.0 cm³/mol. The molecule has 0 aliphatic heterocycles. The van der Waals surface area contributed by atoms with Crippen molar-refractivity contribution in [3.63, 3.8) is 0 Å². The van der Waals surface area contributed by atoms with E-state index in [1.54, 1.807) is 0 Å². The van der Waals surface area contributed by atoms with E-state index in [-0.39, 0.29) is 5.41 Å². The first-order valence-corrected chi connectivity index (χ1v) is 14.1. The standard InChI is InChI=1S/C17H25NO.2ClH.Zr/c1-4-17(2,3)15-11-7-8-13(16(15)19)12-18-14-9-5-6-10-14;;;/h7-8,11-12,14,19H,4-6,9-10H2,1-3H3;2*1H;/q;;;+2/p-2. The van der Waals surface area contributed by atoms with E-state index in [2.05, 4.69) is 25.8 Å². The Hall–Kier alpha value is 0.153. The zero-order valence-corrected chi connectivity index (χ0v) is 17.5. The van der Waals surface area contributed by atoms with Gasteiger partial charge in [0.1, 0.15) is 5.75 Å². The number of hydrogen-bond donors (Lipinski definition) is 1. The average molecular weight is 422 g/mol. The van der Waals surface area contributed by atoms with Crippen LogP contribution in [0.25, 0.3) is 0 Å². The van der Waals surface area contributed by atoms with Crippen LogP contribution in [0.1, 0.15) is 64.0 Å². The SMILES string of the molecule is CCC(C)(C)c1cccc(C=NC2CCCC2)c1O.[Cl][Zr][Cl]. The molecule has 1 aromatic carbocycles. The number of hydrogen-bond acceptors (Lipinski definition) is 2. The Morgan fingerprint density at radius 2 is 1.91 bits per heavy atom. The maximum absolute atomic E-state index is 10.4. The predicted octanol–water partition coefficient (Wildman–Crippen LogP) is 5.82. The fourth-order valence-electron chi connectivity index (χ4n) is 2.64. The molecule has 1 aliphatic carbocycles. The molecule has 0 aromatic heterocycles. The van der Waals surface area contributed by atoms with E-state index in [1.807, 2.05) is 24.4 Å². The molecule has 5 heteroatoms. The molecule has 1 aromatic rings. The fourth-order valence-corrected chi connectivity index (χ4v) is 2.64. The summed E-state index contributed by atoms with van der Waals surface area (Å²) in [7, 11) is 9.87. The summed E-state index contributed by atoms with van der Waals surface area (Å²) in [5.41, 5.74) is 1.87. The topological polar surface area (TPSA) is 32.6 Å². The van der Waals surface area contributed by atoms with Gasteiger partial charge in [-0.15, -0.1) is 0 Å². The molecule has 2 rings (SSSR count). The summed E-state index contributed by atoms with van der Waals surface area (Å²) in [6.07, 6.45) is 7.83. The van der Waals surface area contributed by atoms with Gasteiger partial charge in [0, 0.05) is 23.4 Å². The molecule has 0 unspecified atom stereocenters. The van der Waals surface area contributed by atoms with Crippen LogP contribution in [0, 0.1) is 0 Å². The summed E-state index contributed by atoms with van der Waals surface area (Å²) in [5, 5.41) is 10.4. The van der Waals surface area contributed by atoms with Crippen molar-refractivity contribution in [3.05, 3.63) is 29.3 Å². The number of rotatable bonds is 4. The van der Waals surface area contributed by atoms with Crippen LogP contribution in [0.2, 0.25) is 0 Å². The first-order valence-electron chi connectivity index (χ1n) is 7.78. The van der Waals surface area contributed by atoms with Crippen molar-refractivity contribution in [2.75, 3.05) is 0 Å². The molecule has 0 bridgehead atoms. The van der Waals surface area contributed by atoms with Crippen molar-refractivity contribution in [3.8, 4) is 5.75 Å². The summed E-state index contributed by atoms with van der Waals surface area (Å²) in [6.45, 7) is 6.48. The van der Waals surface area contributed by atoms with Gasteiger partial charge in [0.2, 0.25) is 0 Å². The van der Waals surface area contributed by atoms with Gasteiger partial charge in [-0.3, -0.25) is 4.99 Å². The summed E-state index contributed by atoms with van der Waals surface area (Å²) in [4.78, 5) is 4.62. The van der Waals surface area contributed by atoms with E-state index in [4.69, 9.17) is 17.0 Å². The molecule has 0 heterocycles. The Labute approximate surface area is 153 Å². The molecule has 0 saturated heterocycles. The average Bonchev–Trinajstić information content (AvgIpc) is 3.00. The van der Waals surface area contributed by atoms with Crippen LogP contribution in [0.15, 0.2) is 23.2 Å². The van der Waals surface area contributed by atoms with E-state index in [9.17, 15) is 5.11 Å². The second-order valence-electron chi connectivity index (χ2n) is 6.27. The number of phenols is 1. The molecule has 22 heavy (non-hydrogen) atoms. The summed E-state index contributed by atoms with van der Waals surface area (Å²) in [6, 6.07) is 6.44. The third-order valence-electron chi connectivity index (χ3n) is 4.43. The molecule has 0 atom stereocenters. The van der Waals surface area contributed by atoms with E-state index < -0.39 is 20.8 Å². The maximum atomic E-state index is 10.4. The number of nitrogens with zero attached hydrogens (tertiary/aromatic N) is 1. The zero-order valence-electron chi connectivity index (χ0n) is 13.6. The van der Waals surface area contributed by atoms with Gasteiger partial charge in [0.15, 0.2) is 0 Å². The van der Waals surface area contributed by atoms with Gasteiger partial charge in [-0.1, -0.05) is 45.7 Å². The second kappa shape index (κ2) is 10.1. The molecular weight excluding hydrogens is 396 g/mol. The minimum atomic E-state index is -0.826. The molecule has 2 nitrogen and oxygen atoms in total. The van der Waals surface area contributed by atoms with Gasteiger partial charge in [-0.25, -0.2) is 0 Å². The Morgan fingerprint density at radius 3 is 2.45 bits per heavy atom. The molecule has 1 saturated carbocycles. The number of halogens is 2.